The highest BCUT2D eigenvalue weighted by atomic mass is 16.6. The van der Waals surface area contributed by atoms with E-state index >= 15 is 0 Å². The monoisotopic (exact) mass is 320 g/mol. The van der Waals surface area contributed by atoms with Crippen LogP contribution in [0.1, 0.15) is 0 Å². The minimum Gasteiger partial charge on any atom is -0.399 e. The van der Waals surface area contributed by atoms with Gasteiger partial charge in [-0.05, 0) is 53.1 Å². The summed E-state index contributed by atoms with van der Waals surface area (Å²) in [7, 11) is 0. The number of non-ortho nitro benzene ring substituents is 1. The first-order chi connectivity index (χ1) is 11.5. The molecule has 0 spiro atoms. The predicted octanol–water partition coefficient (Wildman–Crippen LogP) is 3.68. The van der Waals surface area contributed by atoms with Crippen LogP contribution in [0.25, 0.3) is 22.3 Å². The fourth-order valence-electron chi connectivity index (χ4n) is 2.72. The van der Waals surface area contributed by atoms with Crippen LogP contribution in [0.5, 0.6) is 0 Å². The normalized spacial score (nSPS) is 10.5. The first-order valence-electron chi connectivity index (χ1n) is 7.25. The average molecular weight is 320 g/mol. The van der Waals surface area contributed by atoms with E-state index in [-0.39, 0.29) is 5.69 Å². The van der Waals surface area contributed by atoms with Gasteiger partial charge in [0.2, 0.25) is 0 Å². The molecule has 0 aliphatic heterocycles. The third kappa shape index (κ3) is 2.85. The quantitative estimate of drug-likeness (QED) is 0.386. The van der Waals surface area contributed by atoms with Crippen LogP contribution in [0.15, 0.2) is 60.7 Å². The summed E-state index contributed by atoms with van der Waals surface area (Å²) in [5, 5.41) is 10.8. The number of nitro groups is 1. The molecule has 0 aliphatic carbocycles. The molecule has 0 saturated carbocycles. The Kier molecular flexibility index (Phi) is 3.79. The van der Waals surface area contributed by atoms with Crippen LogP contribution in [0.3, 0.4) is 0 Å². The van der Waals surface area contributed by atoms with Crippen molar-refractivity contribution in [3.63, 3.8) is 0 Å². The van der Waals surface area contributed by atoms with Gasteiger partial charge in [0.05, 0.1) is 4.92 Å². The Balaban J connectivity index is 2.19. The van der Waals surface area contributed by atoms with Gasteiger partial charge in [-0.2, -0.15) is 0 Å². The average Bonchev–Trinajstić information content (AvgIpc) is 2.53. The molecule has 6 N–H and O–H groups in total. The van der Waals surface area contributed by atoms with Crippen LogP contribution in [-0.2, 0) is 0 Å². The minimum absolute atomic E-state index is 0.0393. The van der Waals surface area contributed by atoms with Crippen molar-refractivity contribution in [2.24, 2.45) is 0 Å². The van der Waals surface area contributed by atoms with E-state index in [1.54, 1.807) is 36.4 Å². The lowest BCUT2D eigenvalue weighted by atomic mass is 9.92. The van der Waals surface area contributed by atoms with Crippen molar-refractivity contribution in [3.8, 4) is 22.3 Å². The number of rotatable bonds is 3. The molecule has 3 aromatic carbocycles. The van der Waals surface area contributed by atoms with E-state index < -0.39 is 4.92 Å². The van der Waals surface area contributed by atoms with Crippen LogP contribution >= 0.6 is 0 Å². The Bertz CT molecular complexity index is 901. The van der Waals surface area contributed by atoms with Crippen molar-refractivity contribution >= 4 is 22.7 Å². The first-order valence-corrected chi connectivity index (χ1v) is 7.25. The highest BCUT2D eigenvalue weighted by molar-refractivity contribution is 5.92. The highest BCUT2D eigenvalue weighted by Crippen LogP contribution is 2.38. The molecule has 0 bridgehead atoms. The Morgan fingerprint density at radius 2 is 1.42 bits per heavy atom. The fraction of sp³-hybridized carbons (Fsp3) is 0. The van der Waals surface area contributed by atoms with Gasteiger partial charge in [-0.15, -0.1) is 0 Å². The van der Waals surface area contributed by atoms with Crippen molar-refractivity contribution in [1.82, 2.24) is 0 Å². The Labute approximate surface area is 138 Å². The SMILES string of the molecule is Nc1cc(N)cc(-c2c(N)cccc2-c2ccc([N+](=O)[O-])cc2)c1. The van der Waals surface area contributed by atoms with Crippen LogP contribution in [0.4, 0.5) is 22.7 Å². The van der Waals surface area contributed by atoms with Crippen LogP contribution in [-0.4, -0.2) is 4.92 Å². The Morgan fingerprint density at radius 1 is 0.792 bits per heavy atom. The van der Waals surface area contributed by atoms with E-state index in [1.807, 2.05) is 12.1 Å². The second-order valence-corrected chi connectivity index (χ2v) is 5.46. The second kappa shape index (κ2) is 5.92. The summed E-state index contributed by atoms with van der Waals surface area (Å²) in [6, 6.07) is 17.2. The molecule has 3 aromatic rings. The second-order valence-electron chi connectivity index (χ2n) is 5.46. The van der Waals surface area contributed by atoms with Crippen LogP contribution < -0.4 is 17.2 Å². The van der Waals surface area contributed by atoms with E-state index in [0.717, 1.165) is 22.3 Å². The molecule has 0 saturated heterocycles. The molecule has 0 aromatic heterocycles. The lowest BCUT2D eigenvalue weighted by molar-refractivity contribution is -0.384. The number of nitrogens with zero attached hydrogens (tertiary/aromatic N) is 1. The van der Waals surface area contributed by atoms with Crippen molar-refractivity contribution in [2.75, 3.05) is 17.2 Å². The molecule has 0 amide bonds. The maximum absolute atomic E-state index is 10.8. The van der Waals surface area contributed by atoms with Crippen molar-refractivity contribution < 1.29 is 4.92 Å². The van der Waals surface area contributed by atoms with Crippen LogP contribution in [0.2, 0.25) is 0 Å². The van der Waals surface area contributed by atoms with Crippen LogP contribution in [0, 0.1) is 10.1 Å². The smallest absolute Gasteiger partial charge is 0.269 e. The zero-order valence-electron chi connectivity index (χ0n) is 12.8. The van der Waals surface area contributed by atoms with E-state index in [1.165, 1.54) is 12.1 Å². The summed E-state index contributed by atoms with van der Waals surface area (Å²) in [5.41, 5.74) is 23.0. The number of nitrogens with two attached hydrogens (primary N) is 3. The van der Waals surface area contributed by atoms with Gasteiger partial charge in [0, 0.05) is 34.8 Å². The molecule has 3 rings (SSSR count). The predicted molar refractivity (Wildman–Crippen MR) is 97.2 cm³/mol. The molecule has 0 fully saturated rings. The first kappa shape index (κ1) is 15.4. The third-order valence-electron chi connectivity index (χ3n) is 3.75. The zero-order chi connectivity index (χ0) is 17.3. The van der Waals surface area contributed by atoms with Crippen molar-refractivity contribution in [2.45, 2.75) is 0 Å². The molecule has 6 nitrogen and oxygen atoms in total. The summed E-state index contributed by atoms with van der Waals surface area (Å²) >= 11 is 0. The van der Waals surface area contributed by atoms with Gasteiger partial charge in [0.25, 0.3) is 5.69 Å². The molecule has 0 heterocycles. The number of benzene rings is 3. The number of nitrogen functional groups attached to an aromatic ring is 3. The minimum atomic E-state index is -0.428. The number of nitro benzene ring substituents is 1. The summed E-state index contributed by atoms with van der Waals surface area (Å²) in [6.07, 6.45) is 0. The van der Waals surface area contributed by atoms with Crippen molar-refractivity contribution in [1.29, 1.82) is 0 Å². The molecule has 0 aliphatic rings. The van der Waals surface area contributed by atoms with E-state index in [4.69, 9.17) is 17.2 Å². The Hall–Kier alpha value is -3.54. The van der Waals surface area contributed by atoms with Gasteiger partial charge in [0.1, 0.15) is 0 Å². The zero-order valence-corrected chi connectivity index (χ0v) is 12.8. The summed E-state index contributed by atoms with van der Waals surface area (Å²) < 4.78 is 0. The summed E-state index contributed by atoms with van der Waals surface area (Å²) in [4.78, 5) is 10.4. The maximum Gasteiger partial charge on any atom is 0.269 e. The Morgan fingerprint density at radius 3 is 2.00 bits per heavy atom. The third-order valence-corrected chi connectivity index (χ3v) is 3.75. The number of hydrogen-bond donors (Lipinski definition) is 3. The van der Waals surface area contributed by atoms with Gasteiger partial charge < -0.3 is 17.2 Å². The molecule has 0 unspecified atom stereocenters. The van der Waals surface area contributed by atoms with Gasteiger partial charge in [0.15, 0.2) is 0 Å². The summed E-state index contributed by atoms with van der Waals surface area (Å²) in [5.74, 6) is 0. The molecule has 0 atom stereocenters. The number of hydrogen-bond acceptors (Lipinski definition) is 5. The maximum atomic E-state index is 10.8. The number of anilines is 3. The molecule has 0 radical (unpaired) electrons. The van der Waals surface area contributed by atoms with Gasteiger partial charge in [-0.25, -0.2) is 0 Å². The lowest BCUT2D eigenvalue weighted by Gasteiger charge is -2.14. The standard InChI is InChI=1S/C18H16N4O2/c19-13-8-12(9-14(20)10-13)18-16(2-1-3-17(18)21)11-4-6-15(7-5-11)22(23)24/h1-10H,19-21H2. The lowest BCUT2D eigenvalue weighted by Crippen LogP contribution is -1.96. The van der Waals surface area contributed by atoms with E-state index in [2.05, 4.69) is 0 Å². The molecular weight excluding hydrogens is 304 g/mol. The molecule has 120 valence electrons. The van der Waals surface area contributed by atoms with Gasteiger partial charge in [-0.3, -0.25) is 10.1 Å². The van der Waals surface area contributed by atoms with Gasteiger partial charge in [-0.1, -0.05) is 12.1 Å². The molecular formula is C18H16N4O2. The molecule has 6 heteroatoms. The van der Waals surface area contributed by atoms with Crippen molar-refractivity contribution in [3.05, 3.63) is 70.8 Å². The largest absolute Gasteiger partial charge is 0.399 e. The topological polar surface area (TPSA) is 121 Å². The highest BCUT2D eigenvalue weighted by Gasteiger charge is 2.13. The summed E-state index contributed by atoms with van der Waals surface area (Å²) in [6.45, 7) is 0. The molecule has 24 heavy (non-hydrogen) atoms. The fourth-order valence-corrected chi connectivity index (χ4v) is 2.72. The van der Waals surface area contributed by atoms with E-state index in [9.17, 15) is 10.1 Å². The van der Waals surface area contributed by atoms with Gasteiger partial charge >= 0.3 is 0 Å². The van der Waals surface area contributed by atoms with E-state index in [0.29, 0.717) is 17.1 Å².